The minimum Gasteiger partial charge on any atom is -0.493 e. The van der Waals surface area contributed by atoms with Gasteiger partial charge >= 0.3 is 5.97 Å². The predicted molar refractivity (Wildman–Crippen MR) is 122 cm³/mol. The lowest BCUT2D eigenvalue weighted by Crippen LogP contribution is -2.13. The van der Waals surface area contributed by atoms with E-state index in [0.717, 1.165) is 56.6 Å². The average Bonchev–Trinajstić information content (AvgIpc) is 2.71. The molecule has 0 fully saturated rings. The van der Waals surface area contributed by atoms with Crippen molar-refractivity contribution in [1.29, 1.82) is 0 Å². The highest BCUT2D eigenvalue weighted by Gasteiger charge is 2.07. The summed E-state index contributed by atoms with van der Waals surface area (Å²) in [6, 6.07) is 14.7. The molecule has 0 radical (unpaired) electrons. The Morgan fingerprint density at radius 3 is 2.30 bits per heavy atom. The smallest absolute Gasteiger partial charge is 0.303 e. The Morgan fingerprint density at radius 1 is 0.967 bits per heavy atom. The van der Waals surface area contributed by atoms with E-state index in [9.17, 15) is 4.79 Å². The second-order valence-corrected chi connectivity index (χ2v) is 8.06. The quantitative estimate of drug-likeness (QED) is 0.463. The summed E-state index contributed by atoms with van der Waals surface area (Å²) in [4.78, 5) is 13.1. The number of ether oxygens (including phenoxy) is 1. The molecular formula is C25H36N2O3. The number of aliphatic carboxylic acids is 1. The zero-order valence-corrected chi connectivity index (χ0v) is 18.4. The molecule has 0 aromatic heterocycles. The van der Waals surface area contributed by atoms with Gasteiger partial charge in [0, 0.05) is 6.42 Å². The van der Waals surface area contributed by atoms with Crippen LogP contribution in [0.3, 0.4) is 0 Å². The number of unbranched alkanes of at least 4 members (excludes halogenated alkanes) is 1. The third-order valence-electron chi connectivity index (χ3n) is 5.09. The van der Waals surface area contributed by atoms with Crippen LogP contribution in [-0.4, -0.2) is 49.8 Å². The molecule has 0 saturated heterocycles. The van der Waals surface area contributed by atoms with Gasteiger partial charge in [-0.05, 0) is 94.0 Å². The second kappa shape index (κ2) is 13.0. The molecule has 0 aliphatic heterocycles. The highest BCUT2D eigenvalue weighted by molar-refractivity contribution is 5.67. The maximum absolute atomic E-state index is 10.9. The Bertz CT molecular complexity index is 790. The molecule has 0 unspecified atom stereocenters. The summed E-state index contributed by atoms with van der Waals surface area (Å²) in [6.45, 7) is 2.40. The third-order valence-corrected chi connectivity index (χ3v) is 5.09. The minimum absolute atomic E-state index is 0.149. The van der Waals surface area contributed by atoms with Crippen LogP contribution in [0.1, 0.15) is 41.5 Å². The van der Waals surface area contributed by atoms with Crippen LogP contribution in [-0.2, 0) is 30.5 Å². The Kier molecular flexibility index (Phi) is 10.4. The first-order valence-electron chi connectivity index (χ1n) is 10.9. The molecule has 0 spiro atoms. The molecule has 2 aromatic carbocycles. The van der Waals surface area contributed by atoms with Gasteiger partial charge in [0.05, 0.1) is 6.61 Å². The lowest BCUT2D eigenvalue weighted by Gasteiger charge is -2.13. The first-order valence-corrected chi connectivity index (χ1v) is 10.9. The van der Waals surface area contributed by atoms with Gasteiger partial charge < -0.3 is 20.5 Å². The van der Waals surface area contributed by atoms with E-state index in [1.807, 2.05) is 12.1 Å². The second-order valence-electron chi connectivity index (χ2n) is 8.06. The van der Waals surface area contributed by atoms with Gasteiger partial charge in [0.25, 0.3) is 0 Å². The molecule has 164 valence electrons. The van der Waals surface area contributed by atoms with Gasteiger partial charge in [0.15, 0.2) is 0 Å². The third kappa shape index (κ3) is 8.97. The molecule has 5 heteroatoms. The van der Waals surface area contributed by atoms with Crippen molar-refractivity contribution in [3.8, 4) is 5.75 Å². The fourth-order valence-corrected chi connectivity index (χ4v) is 3.53. The summed E-state index contributed by atoms with van der Waals surface area (Å²) in [5.41, 5.74) is 10.4. The normalized spacial score (nSPS) is 11.1. The SMILES string of the molecule is CN(C)CCCCOc1ccccc1CCc1cc(CCN)cc(CCC(=O)O)c1. The average molecular weight is 413 g/mol. The van der Waals surface area contributed by atoms with Crippen molar-refractivity contribution >= 4 is 5.97 Å². The lowest BCUT2D eigenvalue weighted by atomic mass is 9.96. The van der Waals surface area contributed by atoms with Crippen molar-refractivity contribution in [1.82, 2.24) is 4.90 Å². The molecule has 0 aliphatic rings. The minimum atomic E-state index is -0.766. The molecule has 2 aromatic rings. The van der Waals surface area contributed by atoms with Crippen LogP contribution < -0.4 is 10.5 Å². The maximum atomic E-state index is 10.9. The molecule has 0 heterocycles. The van der Waals surface area contributed by atoms with E-state index >= 15 is 0 Å². The van der Waals surface area contributed by atoms with Crippen molar-refractivity contribution in [3.63, 3.8) is 0 Å². The van der Waals surface area contributed by atoms with Crippen molar-refractivity contribution < 1.29 is 14.6 Å². The van der Waals surface area contributed by atoms with Crippen LogP contribution in [0.25, 0.3) is 0 Å². The highest BCUT2D eigenvalue weighted by atomic mass is 16.5. The zero-order chi connectivity index (χ0) is 21.8. The van der Waals surface area contributed by atoms with Crippen molar-refractivity contribution in [2.75, 3.05) is 33.8 Å². The molecule has 0 bridgehead atoms. The first kappa shape index (κ1) is 23.9. The summed E-state index contributed by atoms with van der Waals surface area (Å²) < 4.78 is 6.06. The summed E-state index contributed by atoms with van der Waals surface area (Å²) in [5, 5.41) is 8.99. The van der Waals surface area contributed by atoms with Crippen LogP contribution in [0.5, 0.6) is 5.75 Å². The number of nitrogens with zero attached hydrogens (tertiary/aromatic N) is 1. The summed E-state index contributed by atoms with van der Waals surface area (Å²) in [5.74, 6) is 0.198. The van der Waals surface area contributed by atoms with Gasteiger partial charge in [-0.1, -0.05) is 36.4 Å². The van der Waals surface area contributed by atoms with Crippen LogP contribution in [0.4, 0.5) is 0 Å². The topological polar surface area (TPSA) is 75.8 Å². The van der Waals surface area contributed by atoms with E-state index in [4.69, 9.17) is 15.6 Å². The van der Waals surface area contributed by atoms with Crippen LogP contribution in [0.2, 0.25) is 0 Å². The number of nitrogens with two attached hydrogens (primary N) is 1. The molecular weight excluding hydrogens is 376 g/mol. The number of hydrogen-bond acceptors (Lipinski definition) is 4. The maximum Gasteiger partial charge on any atom is 0.303 e. The molecule has 5 nitrogen and oxygen atoms in total. The highest BCUT2D eigenvalue weighted by Crippen LogP contribution is 2.22. The number of carbonyl (C=O) groups is 1. The van der Waals surface area contributed by atoms with E-state index in [1.165, 1.54) is 16.7 Å². The fourth-order valence-electron chi connectivity index (χ4n) is 3.53. The van der Waals surface area contributed by atoms with Gasteiger partial charge in [-0.2, -0.15) is 0 Å². The van der Waals surface area contributed by atoms with E-state index < -0.39 is 5.97 Å². The van der Waals surface area contributed by atoms with E-state index in [1.54, 1.807) is 0 Å². The van der Waals surface area contributed by atoms with Gasteiger partial charge in [-0.25, -0.2) is 0 Å². The van der Waals surface area contributed by atoms with Crippen molar-refractivity contribution in [3.05, 3.63) is 64.7 Å². The fraction of sp³-hybridized carbons (Fsp3) is 0.480. The number of carboxylic acids is 1. The van der Waals surface area contributed by atoms with Crippen LogP contribution >= 0.6 is 0 Å². The summed E-state index contributed by atoms with van der Waals surface area (Å²) >= 11 is 0. The molecule has 0 aliphatic carbocycles. The Balaban J connectivity index is 1.99. The van der Waals surface area contributed by atoms with E-state index in [2.05, 4.69) is 49.3 Å². The Hall–Kier alpha value is -2.37. The van der Waals surface area contributed by atoms with E-state index in [0.29, 0.717) is 13.0 Å². The number of carboxylic acid groups (broad SMARTS) is 1. The predicted octanol–water partition coefficient (Wildman–Crippen LogP) is 3.71. The summed E-state index contributed by atoms with van der Waals surface area (Å²) in [6.07, 6.45) is 5.45. The van der Waals surface area contributed by atoms with Crippen molar-refractivity contribution in [2.45, 2.75) is 44.9 Å². The standard InChI is InChI=1S/C25H36N2O3/c1-27(2)15-5-6-16-30-24-8-4-3-7-23(24)11-9-20-17-21(10-12-25(28)29)19-22(18-20)13-14-26/h3-4,7-8,17-19H,5-6,9-16,26H2,1-2H3,(H,28,29). The Labute approximate surface area is 180 Å². The van der Waals surface area contributed by atoms with Crippen LogP contribution in [0.15, 0.2) is 42.5 Å². The number of rotatable bonds is 14. The van der Waals surface area contributed by atoms with Gasteiger partial charge in [0.2, 0.25) is 0 Å². The van der Waals surface area contributed by atoms with Gasteiger partial charge in [0.1, 0.15) is 5.75 Å². The number of hydrogen-bond donors (Lipinski definition) is 2. The van der Waals surface area contributed by atoms with Crippen LogP contribution in [0, 0.1) is 0 Å². The largest absolute Gasteiger partial charge is 0.493 e. The molecule has 3 N–H and O–H groups in total. The zero-order valence-electron chi connectivity index (χ0n) is 18.4. The van der Waals surface area contributed by atoms with Gasteiger partial charge in [-0.15, -0.1) is 0 Å². The van der Waals surface area contributed by atoms with E-state index in [-0.39, 0.29) is 6.42 Å². The molecule has 2 rings (SSSR count). The van der Waals surface area contributed by atoms with Gasteiger partial charge in [-0.3, -0.25) is 4.79 Å². The molecule has 0 saturated carbocycles. The van der Waals surface area contributed by atoms with Crippen molar-refractivity contribution in [2.24, 2.45) is 5.73 Å². The monoisotopic (exact) mass is 412 g/mol. The molecule has 0 amide bonds. The molecule has 0 atom stereocenters. The lowest BCUT2D eigenvalue weighted by molar-refractivity contribution is -0.136. The number of para-hydroxylation sites is 1. The number of benzene rings is 2. The Morgan fingerprint density at radius 2 is 1.63 bits per heavy atom. The summed E-state index contributed by atoms with van der Waals surface area (Å²) in [7, 11) is 4.18. The first-order chi connectivity index (χ1) is 14.5. The number of aryl methyl sites for hydroxylation is 3. The molecule has 30 heavy (non-hydrogen) atoms.